The second kappa shape index (κ2) is 6.60. The van der Waals surface area contributed by atoms with Crippen molar-refractivity contribution in [2.24, 2.45) is 7.05 Å². The third-order valence-corrected chi connectivity index (χ3v) is 2.22. The normalized spacial score (nSPS) is 10.1. The van der Waals surface area contributed by atoms with Crippen molar-refractivity contribution in [2.45, 2.75) is 0 Å². The molecule has 8 nitrogen and oxygen atoms in total. The van der Waals surface area contributed by atoms with Crippen LogP contribution in [0.3, 0.4) is 0 Å². The van der Waals surface area contributed by atoms with E-state index in [1.54, 1.807) is 14.2 Å². The van der Waals surface area contributed by atoms with Crippen molar-refractivity contribution >= 4 is 17.5 Å². The molecule has 0 saturated carbocycles. The summed E-state index contributed by atoms with van der Waals surface area (Å²) in [7, 11) is 3.14. The Hall–Kier alpha value is -2.09. The number of anilines is 1. The first-order valence-electron chi connectivity index (χ1n) is 5.37. The van der Waals surface area contributed by atoms with Gasteiger partial charge < -0.3 is 21.1 Å². The molecule has 0 atom stereocenters. The number of amides is 2. The molecular weight excluding hydrogens is 238 g/mol. The summed E-state index contributed by atoms with van der Waals surface area (Å²) in [5.41, 5.74) is 6.09. The lowest BCUT2D eigenvalue weighted by molar-refractivity contribution is -0.120. The van der Waals surface area contributed by atoms with E-state index in [0.717, 1.165) is 0 Å². The van der Waals surface area contributed by atoms with Crippen molar-refractivity contribution in [1.82, 2.24) is 20.4 Å². The van der Waals surface area contributed by atoms with E-state index in [4.69, 9.17) is 10.5 Å². The van der Waals surface area contributed by atoms with Gasteiger partial charge in [-0.3, -0.25) is 14.3 Å². The predicted molar refractivity (Wildman–Crippen MR) is 64.8 cm³/mol. The van der Waals surface area contributed by atoms with Crippen LogP contribution in [0.15, 0.2) is 6.20 Å². The SMILES string of the molecule is COCCNC(=O)CNC(=O)c1c(N)cnn1C. The van der Waals surface area contributed by atoms with E-state index in [9.17, 15) is 9.59 Å². The lowest BCUT2D eigenvalue weighted by atomic mass is 10.3. The van der Waals surface area contributed by atoms with Gasteiger partial charge in [0.05, 0.1) is 25.0 Å². The zero-order chi connectivity index (χ0) is 13.5. The number of hydrogen-bond donors (Lipinski definition) is 3. The number of hydrogen-bond acceptors (Lipinski definition) is 5. The summed E-state index contributed by atoms with van der Waals surface area (Å²) in [6.07, 6.45) is 1.38. The fraction of sp³-hybridized carbons (Fsp3) is 0.500. The largest absolute Gasteiger partial charge is 0.396 e. The first-order valence-corrected chi connectivity index (χ1v) is 5.37. The van der Waals surface area contributed by atoms with Crippen molar-refractivity contribution in [2.75, 3.05) is 32.5 Å². The molecule has 0 aromatic carbocycles. The number of carbonyl (C=O) groups is 2. The Bertz CT molecular complexity index is 410. The van der Waals surface area contributed by atoms with Crippen LogP contribution in [0.1, 0.15) is 10.5 Å². The number of nitrogen functional groups attached to an aromatic ring is 1. The van der Waals surface area contributed by atoms with Crippen molar-refractivity contribution in [1.29, 1.82) is 0 Å². The average molecular weight is 255 g/mol. The van der Waals surface area contributed by atoms with E-state index in [-0.39, 0.29) is 23.8 Å². The number of aryl methyl sites for hydroxylation is 1. The molecule has 0 aliphatic rings. The fourth-order valence-corrected chi connectivity index (χ4v) is 1.33. The highest BCUT2D eigenvalue weighted by atomic mass is 16.5. The number of nitrogens with zero attached hydrogens (tertiary/aromatic N) is 2. The van der Waals surface area contributed by atoms with Crippen LogP contribution in [0.5, 0.6) is 0 Å². The molecule has 0 fully saturated rings. The number of carbonyl (C=O) groups excluding carboxylic acids is 2. The van der Waals surface area contributed by atoms with Crippen LogP contribution in [0.2, 0.25) is 0 Å². The monoisotopic (exact) mass is 255 g/mol. The van der Waals surface area contributed by atoms with Crippen LogP contribution in [-0.4, -0.2) is 48.4 Å². The third-order valence-electron chi connectivity index (χ3n) is 2.22. The van der Waals surface area contributed by atoms with Crippen LogP contribution in [0.25, 0.3) is 0 Å². The highest BCUT2D eigenvalue weighted by molar-refractivity contribution is 5.99. The molecule has 4 N–H and O–H groups in total. The van der Waals surface area contributed by atoms with E-state index >= 15 is 0 Å². The number of methoxy groups -OCH3 is 1. The Kier molecular flexibility index (Phi) is 5.12. The second-order valence-corrected chi connectivity index (χ2v) is 3.60. The van der Waals surface area contributed by atoms with Crippen molar-refractivity contribution < 1.29 is 14.3 Å². The van der Waals surface area contributed by atoms with Gasteiger partial charge >= 0.3 is 0 Å². The molecule has 2 amide bonds. The molecule has 0 bridgehead atoms. The van der Waals surface area contributed by atoms with Gasteiger partial charge in [-0.25, -0.2) is 0 Å². The third kappa shape index (κ3) is 3.74. The van der Waals surface area contributed by atoms with Crippen LogP contribution in [-0.2, 0) is 16.6 Å². The summed E-state index contributed by atoms with van der Waals surface area (Å²) in [5, 5.41) is 8.88. The first kappa shape index (κ1) is 14.0. The quantitative estimate of drug-likeness (QED) is 0.535. The minimum atomic E-state index is -0.436. The van der Waals surface area contributed by atoms with E-state index < -0.39 is 5.91 Å². The summed E-state index contributed by atoms with van der Waals surface area (Å²) >= 11 is 0. The van der Waals surface area contributed by atoms with Crippen LogP contribution in [0.4, 0.5) is 5.69 Å². The van der Waals surface area contributed by atoms with Gasteiger partial charge in [-0.2, -0.15) is 5.10 Å². The summed E-state index contributed by atoms with van der Waals surface area (Å²) in [6, 6.07) is 0. The van der Waals surface area contributed by atoms with Gasteiger partial charge in [0.2, 0.25) is 5.91 Å². The van der Waals surface area contributed by atoms with Gasteiger partial charge in [-0.1, -0.05) is 0 Å². The van der Waals surface area contributed by atoms with E-state index in [1.807, 2.05) is 0 Å². The summed E-state index contributed by atoms with van der Waals surface area (Å²) in [5.74, 6) is -0.726. The number of aromatic nitrogens is 2. The van der Waals surface area contributed by atoms with Gasteiger partial charge in [0.1, 0.15) is 5.69 Å². The van der Waals surface area contributed by atoms with Gasteiger partial charge in [0.25, 0.3) is 5.91 Å². The molecule has 0 saturated heterocycles. The van der Waals surface area contributed by atoms with Crippen molar-refractivity contribution in [3.63, 3.8) is 0 Å². The molecule has 0 unspecified atom stereocenters. The maximum absolute atomic E-state index is 11.7. The molecule has 0 radical (unpaired) electrons. The highest BCUT2D eigenvalue weighted by Crippen LogP contribution is 2.08. The Morgan fingerprint density at radius 1 is 1.50 bits per heavy atom. The molecule has 0 spiro atoms. The lowest BCUT2D eigenvalue weighted by Crippen LogP contribution is -2.38. The van der Waals surface area contributed by atoms with E-state index in [2.05, 4.69) is 15.7 Å². The minimum Gasteiger partial charge on any atom is -0.396 e. The Morgan fingerprint density at radius 2 is 2.22 bits per heavy atom. The summed E-state index contributed by atoms with van der Waals surface area (Å²) in [6.45, 7) is 0.709. The standard InChI is InChI=1S/C10H17N5O3/c1-15-9(7(11)5-14-15)10(17)13-6-8(16)12-3-4-18-2/h5H,3-4,6,11H2,1-2H3,(H,12,16)(H,13,17). The smallest absolute Gasteiger partial charge is 0.272 e. The molecule has 1 heterocycles. The van der Waals surface area contributed by atoms with E-state index in [1.165, 1.54) is 10.9 Å². The number of nitrogens with one attached hydrogen (secondary N) is 2. The summed E-state index contributed by atoms with van der Waals surface area (Å²) < 4.78 is 6.13. The molecule has 100 valence electrons. The number of ether oxygens (including phenoxy) is 1. The Morgan fingerprint density at radius 3 is 2.78 bits per heavy atom. The predicted octanol–water partition coefficient (Wildman–Crippen LogP) is -1.51. The molecule has 1 rings (SSSR count). The zero-order valence-corrected chi connectivity index (χ0v) is 10.4. The zero-order valence-electron chi connectivity index (χ0n) is 10.4. The first-order chi connectivity index (χ1) is 8.56. The second-order valence-electron chi connectivity index (χ2n) is 3.60. The van der Waals surface area contributed by atoms with Gasteiger partial charge in [0.15, 0.2) is 0 Å². The molecule has 18 heavy (non-hydrogen) atoms. The lowest BCUT2D eigenvalue weighted by Gasteiger charge is -2.07. The maximum Gasteiger partial charge on any atom is 0.272 e. The van der Waals surface area contributed by atoms with Crippen molar-refractivity contribution in [3.05, 3.63) is 11.9 Å². The molecule has 1 aromatic heterocycles. The van der Waals surface area contributed by atoms with Crippen LogP contribution >= 0.6 is 0 Å². The highest BCUT2D eigenvalue weighted by Gasteiger charge is 2.15. The number of nitrogens with two attached hydrogens (primary N) is 1. The molecule has 8 heteroatoms. The Labute approximate surface area is 104 Å². The van der Waals surface area contributed by atoms with Crippen molar-refractivity contribution in [3.8, 4) is 0 Å². The van der Waals surface area contributed by atoms with Crippen LogP contribution in [0, 0.1) is 0 Å². The van der Waals surface area contributed by atoms with Gasteiger partial charge in [-0.05, 0) is 0 Å². The molecular formula is C10H17N5O3. The maximum atomic E-state index is 11.7. The van der Waals surface area contributed by atoms with Gasteiger partial charge in [-0.15, -0.1) is 0 Å². The summed E-state index contributed by atoms with van der Waals surface area (Å²) in [4.78, 5) is 23.1. The van der Waals surface area contributed by atoms with Crippen LogP contribution < -0.4 is 16.4 Å². The van der Waals surface area contributed by atoms with Gasteiger partial charge in [0, 0.05) is 20.7 Å². The molecule has 0 aliphatic heterocycles. The Balaban J connectivity index is 2.40. The molecule has 1 aromatic rings. The number of rotatable bonds is 6. The fourth-order valence-electron chi connectivity index (χ4n) is 1.33. The minimum absolute atomic E-state index is 0.118. The molecule has 0 aliphatic carbocycles. The topological polar surface area (TPSA) is 111 Å². The average Bonchev–Trinajstić information content (AvgIpc) is 2.66. The van der Waals surface area contributed by atoms with E-state index in [0.29, 0.717) is 13.2 Å².